The topological polar surface area (TPSA) is 84.2 Å². The molecule has 6 nitrogen and oxygen atoms in total. The highest BCUT2D eigenvalue weighted by molar-refractivity contribution is 8.01. The molecule has 29 heavy (non-hydrogen) atoms. The van der Waals surface area contributed by atoms with Crippen LogP contribution >= 0.6 is 11.8 Å². The fourth-order valence-electron chi connectivity index (χ4n) is 2.96. The normalized spacial score (nSPS) is 16.4. The standard InChI is InChI=1S/C19H14F3N3O3S/c1-9-23-12-4-3-11(7-14(12)28-9)24-17(26)8-16-18(27)25-13-6-10(19(20,21)22)2-5-15(13)29-16/h2-7,16H,8H2,1H3,(H,24,26)(H,25,27)/t16-/m0/s1. The Morgan fingerprint density at radius 2 is 2.07 bits per heavy atom. The van der Waals surface area contributed by atoms with Gasteiger partial charge < -0.3 is 15.1 Å². The molecule has 0 saturated carbocycles. The van der Waals surface area contributed by atoms with Crippen LogP contribution in [0, 0.1) is 6.92 Å². The quantitative estimate of drug-likeness (QED) is 0.646. The van der Waals surface area contributed by atoms with Crippen molar-refractivity contribution >= 4 is 46.1 Å². The summed E-state index contributed by atoms with van der Waals surface area (Å²) < 4.78 is 43.9. The van der Waals surface area contributed by atoms with Crippen molar-refractivity contribution in [2.75, 3.05) is 10.6 Å². The molecule has 0 bridgehead atoms. The van der Waals surface area contributed by atoms with E-state index in [0.29, 0.717) is 27.6 Å². The van der Waals surface area contributed by atoms with Gasteiger partial charge in [-0.1, -0.05) is 0 Å². The SMILES string of the molecule is Cc1nc2ccc(NC(=O)C[C@@H]3Sc4ccc(C(F)(F)F)cc4NC3=O)cc2o1. The number of carbonyl (C=O) groups excluding carboxylic acids is 2. The number of hydrogen-bond donors (Lipinski definition) is 2. The number of aryl methyl sites for hydroxylation is 1. The monoisotopic (exact) mass is 421 g/mol. The second-order valence-corrected chi connectivity index (χ2v) is 7.72. The highest BCUT2D eigenvalue weighted by Gasteiger charge is 2.34. The van der Waals surface area contributed by atoms with Crippen molar-refractivity contribution < 1.29 is 27.2 Å². The molecule has 2 aromatic carbocycles. The summed E-state index contributed by atoms with van der Waals surface area (Å²) in [5.41, 5.74) is 0.941. The van der Waals surface area contributed by atoms with Gasteiger partial charge >= 0.3 is 6.18 Å². The van der Waals surface area contributed by atoms with Crippen molar-refractivity contribution in [2.45, 2.75) is 29.7 Å². The molecule has 3 aromatic rings. The second-order valence-electron chi connectivity index (χ2n) is 6.47. The predicted molar refractivity (Wildman–Crippen MR) is 102 cm³/mol. The number of rotatable bonds is 3. The minimum Gasteiger partial charge on any atom is -0.441 e. The Bertz CT molecular complexity index is 1130. The zero-order valence-electron chi connectivity index (χ0n) is 15.0. The number of aromatic nitrogens is 1. The Labute approximate surface area is 166 Å². The number of nitrogens with zero attached hydrogens (tertiary/aromatic N) is 1. The van der Waals surface area contributed by atoms with E-state index in [4.69, 9.17) is 4.42 Å². The molecule has 1 aromatic heterocycles. The number of oxazole rings is 1. The van der Waals surface area contributed by atoms with Crippen LogP contribution < -0.4 is 10.6 Å². The molecular formula is C19H14F3N3O3S. The Balaban J connectivity index is 1.45. The maximum Gasteiger partial charge on any atom is 0.416 e. The lowest BCUT2D eigenvalue weighted by Crippen LogP contribution is -2.32. The molecule has 4 rings (SSSR count). The van der Waals surface area contributed by atoms with Gasteiger partial charge in [0.1, 0.15) is 5.52 Å². The zero-order valence-corrected chi connectivity index (χ0v) is 15.8. The fraction of sp³-hybridized carbons (Fsp3) is 0.211. The van der Waals surface area contributed by atoms with E-state index in [1.165, 1.54) is 6.07 Å². The first-order valence-corrected chi connectivity index (χ1v) is 9.43. The third kappa shape index (κ3) is 4.07. The number of benzene rings is 2. The number of amides is 2. The van der Waals surface area contributed by atoms with Gasteiger partial charge in [-0.05, 0) is 30.3 Å². The average Bonchev–Trinajstić information content (AvgIpc) is 3.00. The van der Waals surface area contributed by atoms with Crippen molar-refractivity contribution in [3.05, 3.63) is 47.9 Å². The summed E-state index contributed by atoms with van der Waals surface area (Å²) >= 11 is 1.06. The fourth-order valence-corrected chi connectivity index (χ4v) is 4.05. The van der Waals surface area contributed by atoms with Crippen LogP contribution in [0.15, 0.2) is 45.7 Å². The van der Waals surface area contributed by atoms with E-state index in [2.05, 4.69) is 15.6 Å². The van der Waals surface area contributed by atoms with Gasteiger partial charge in [0.05, 0.1) is 16.5 Å². The molecule has 0 unspecified atom stereocenters. The van der Waals surface area contributed by atoms with E-state index in [1.807, 2.05) is 0 Å². The van der Waals surface area contributed by atoms with Crippen LogP contribution in [0.5, 0.6) is 0 Å². The first kappa shape index (κ1) is 19.3. The number of carbonyl (C=O) groups is 2. The Morgan fingerprint density at radius 3 is 2.83 bits per heavy atom. The number of alkyl halides is 3. The number of fused-ring (bicyclic) bond motifs is 2. The first-order chi connectivity index (χ1) is 13.7. The summed E-state index contributed by atoms with van der Waals surface area (Å²) in [6.07, 6.45) is -4.63. The summed E-state index contributed by atoms with van der Waals surface area (Å²) in [4.78, 5) is 29.3. The third-order valence-corrected chi connectivity index (χ3v) is 5.55. The summed E-state index contributed by atoms with van der Waals surface area (Å²) in [6.45, 7) is 1.71. The summed E-state index contributed by atoms with van der Waals surface area (Å²) in [5.74, 6) is -0.409. The predicted octanol–water partition coefficient (Wildman–Crippen LogP) is 4.60. The van der Waals surface area contributed by atoms with Gasteiger partial charge in [0.25, 0.3) is 0 Å². The van der Waals surface area contributed by atoms with Gasteiger partial charge in [-0.15, -0.1) is 11.8 Å². The van der Waals surface area contributed by atoms with Gasteiger partial charge in [0.2, 0.25) is 11.8 Å². The van der Waals surface area contributed by atoms with E-state index in [1.54, 1.807) is 25.1 Å². The number of thioether (sulfide) groups is 1. The lowest BCUT2D eigenvalue weighted by atomic mass is 10.1. The van der Waals surface area contributed by atoms with E-state index in [0.717, 1.165) is 23.9 Å². The van der Waals surface area contributed by atoms with Gasteiger partial charge in [-0.2, -0.15) is 13.2 Å². The summed E-state index contributed by atoms with van der Waals surface area (Å²) in [6, 6.07) is 8.16. The number of hydrogen-bond acceptors (Lipinski definition) is 5. The summed E-state index contributed by atoms with van der Waals surface area (Å²) in [5, 5.41) is 4.40. The van der Waals surface area contributed by atoms with Gasteiger partial charge in [0.15, 0.2) is 11.5 Å². The lowest BCUT2D eigenvalue weighted by molar-refractivity contribution is -0.137. The molecule has 1 aliphatic heterocycles. The minimum absolute atomic E-state index is 0.0950. The highest BCUT2D eigenvalue weighted by Crippen LogP contribution is 2.40. The highest BCUT2D eigenvalue weighted by atomic mass is 32.2. The van der Waals surface area contributed by atoms with Crippen LogP contribution in [0.25, 0.3) is 11.1 Å². The largest absolute Gasteiger partial charge is 0.441 e. The van der Waals surface area contributed by atoms with Crippen LogP contribution in [0.3, 0.4) is 0 Å². The molecule has 2 N–H and O–H groups in total. The molecule has 0 saturated heterocycles. The molecule has 0 fully saturated rings. The van der Waals surface area contributed by atoms with Gasteiger partial charge in [-0.3, -0.25) is 9.59 Å². The smallest absolute Gasteiger partial charge is 0.416 e. The molecule has 2 amide bonds. The van der Waals surface area contributed by atoms with Gasteiger partial charge in [-0.25, -0.2) is 4.98 Å². The molecule has 1 atom stereocenters. The maximum absolute atomic E-state index is 12.8. The zero-order chi connectivity index (χ0) is 20.8. The number of nitrogens with one attached hydrogen (secondary N) is 2. The minimum atomic E-state index is -4.50. The lowest BCUT2D eigenvalue weighted by Gasteiger charge is -2.24. The molecule has 0 spiro atoms. The first-order valence-electron chi connectivity index (χ1n) is 8.55. The van der Waals surface area contributed by atoms with Crippen molar-refractivity contribution in [2.24, 2.45) is 0 Å². The van der Waals surface area contributed by atoms with Crippen molar-refractivity contribution in [1.29, 1.82) is 0 Å². The van der Waals surface area contributed by atoms with E-state index >= 15 is 0 Å². The molecular weight excluding hydrogens is 407 g/mol. The van der Waals surface area contributed by atoms with Crippen molar-refractivity contribution in [3.63, 3.8) is 0 Å². The molecule has 150 valence electrons. The van der Waals surface area contributed by atoms with Crippen molar-refractivity contribution in [1.82, 2.24) is 4.98 Å². The molecule has 0 radical (unpaired) electrons. The Kier molecular flexibility index (Phi) is 4.73. The van der Waals surface area contributed by atoms with Crippen LogP contribution in [0.2, 0.25) is 0 Å². The van der Waals surface area contributed by atoms with Crippen LogP contribution in [0.4, 0.5) is 24.5 Å². The van der Waals surface area contributed by atoms with E-state index < -0.39 is 28.8 Å². The van der Waals surface area contributed by atoms with E-state index in [-0.39, 0.29) is 12.1 Å². The number of anilines is 2. The number of halogens is 3. The van der Waals surface area contributed by atoms with Crippen molar-refractivity contribution in [3.8, 4) is 0 Å². The third-order valence-electron chi connectivity index (χ3n) is 4.28. The second kappa shape index (κ2) is 7.11. The average molecular weight is 421 g/mol. The molecule has 2 heterocycles. The van der Waals surface area contributed by atoms with Crippen LogP contribution in [-0.4, -0.2) is 22.0 Å². The molecule has 1 aliphatic rings. The Morgan fingerprint density at radius 1 is 1.28 bits per heavy atom. The Hall–Kier alpha value is -3.01. The van der Waals surface area contributed by atoms with Crippen LogP contribution in [-0.2, 0) is 15.8 Å². The molecule has 10 heteroatoms. The maximum atomic E-state index is 12.8. The van der Waals surface area contributed by atoms with E-state index in [9.17, 15) is 22.8 Å². The molecule has 0 aliphatic carbocycles. The van der Waals surface area contributed by atoms with Gasteiger partial charge in [0, 0.05) is 30.0 Å². The summed E-state index contributed by atoms with van der Waals surface area (Å²) in [7, 11) is 0. The van der Waals surface area contributed by atoms with Crippen LogP contribution in [0.1, 0.15) is 17.9 Å².